The molecular weight excluding hydrogens is 228 g/mol. The van der Waals surface area contributed by atoms with Crippen molar-refractivity contribution in [3.63, 3.8) is 0 Å². The Labute approximate surface area is 108 Å². The van der Waals surface area contributed by atoms with Gasteiger partial charge in [-0.25, -0.2) is 0 Å². The predicted molar refractivity (Wildman–Crippen MR) is 69.0 cm³/mol. The largest absolute Gasteiger partial charge is 0.379 e. The fourth-order valence-corrected chi connectivity index (χ4v) is 2.87. The lowest BCUT2D eigenvalue weighted by Crippen LogP contribution is -2.38. The molecule has 4 heteroatoms. The second-order valence-corrected chi connectivity index (χ2v) is 5.10. The third-order valence-corrected chi connectivity index (χ3v) is 3.96. The highest BCUT2D eigenvalue weighted by Gasteiger charge is 2.20. The van der Waals surface area contributed by atoms with Crippen LogP contribution in [0.15, 0.2) is 12.3 Å². The molecule has 1 aromatic rings. The summed E-state index contributed by atoms with van der Waals surface area (Å²) in [5.74, 6) is 0.321. The normalized spacial score (nSPS) is 21.0. The number of carbonyl (C=O) groups excluding carboxylic acids is 1. The molecule has 0 spiro atoms. The fourth-order valence-electron chi connectivity index (χ4n) is 2.87. The molecule has 0 radical (unpaired) electrons. The second kappa shape index (κ2) is 5.24. The van der Waals surface area contributed by atoms with Gasteiger partial charge in [-0.3, -0.25) is 9.69 Å². The minimum absolute atomic E-state index is 0.321. The van der Waals surface area contributed by atoms with Crippen molar-refractivity contribution in [2.24, 2.45) is 0 Å². The molecule has 0 bridgehead atoms. The van der Waals surface area contributed by atoms with Crippen LogP contribution in [0.4, 0.5) is 0 Å². The van der Waals surface area contributed by atoms with Crippen LogP contribution in [0.3, 0.4) is 0 Å². The quantitative estimate of drug-likeness (QED) is 0.809. The molecular formula is C14H20N2O2. The minimum atomic E-state index is 0.321. The van der Waals surface area contributed by atoms with Gasteiger partial charge in [-0.15, -0.1) is 0 Å². The highest BCUT2D eigenvalue weighted by atomic mass is 16.5. The summed E-state index contributed by atoms with van der Waals surface area (Å²) in [5.41, 5.74) is 2.21. The molecule has 98 valence electrons. The summed E-state index contributed by atoms with van der Waals surface area (Å²) >= 11 is 0. The zero-order valence-corrected chi connectivity index (χ0v) is 10.7. The molecule has 1 fully saturated rings. The second-order valence-electron chi connectivity index (χ2n) is 5.10. The number of hydrogen-bond donors (Lipinski definition) is 0. The van der Waals surface area contributed by atoms with Crippen molar-refractivity contribution in [1.29, 1.82) is 0 Å². The van der Waals surface area contributed by atoms with E-state index in [2.05, 4.69) is 15.7 Å². The lowest BCUT2D eigenvalue weighted by atomic mass is 9.97. The fraction of sp³-hybridized carbons (Fsp3) is 0.643. The summed E-state index contributed by atoms with van der Waals surface area (Å²) in [4.78, 5) is 14.2. The van der Waals surface area contributed by atoms with Gasteiger partial charge < -0.3 is 9.30 Å². The zero-order chi connectivity index (χ0) is 12.4. The van der Waals surface area contributed by atoms with Gasteiger partial charge in [-0.2, -0.15) is 0 Å². The SMILES string of the molecule is O=C1CCCc2c1ccn2CCN1CCOCC1. The Bertz CT molecular complexity index is 433. The van der Waals surface area contributed by atoms with Gasteiger partial charge in [0.2, 0.25) is 0 Å². The van der Waals surface area contributed by atoms with E-state index in [0.29, 0.717) is 5.78 Å². The number of nitrogens with zero attached hydrogens (tertiary/aromatic N) is 2. The standard InChI is InChI=1S/C14H20N2O2/c17-14-3-1-2-13-12(14)4-5-16(13)7-6-15-8-10-18-11-9-15/h4-5H,1-3,6-11H2. The molecule has 18 heavy (non-hydrogen) atoms. The Morgan fingerprint density at radius 3 is 2.83 bits per heavy atom. The van der Waals surface area contributed by atoms with Crippen molar-refractivity contribution in [2.75, 3.05) is 32.8 Å². The van der Waals surface area contributed by atoms with Crippen molar-refractivity contribution in [3.05, 3.63) is 23.5 Å². The molecule has 0 atom stereocenters. The first kappa shape index (κ1) is 11.9. The molecule has 2 heterocycles. The number of ketones is 1. The maximum Gasteiger partial charge on any atom is 0.164 e. The van der Waals surface area contributed by atoms with E-state index in [1.807, 2.05) is 6.07 Å². The first-order valence-corrected chi connectivity index (χ1v) is 6.86. The van der Waals surface area contributed by atoms with Gasteiger partial charge in [0.05, 0.1) is 13.2 Å². The van der Waals surface area contributed by atoms with Crippen molar-refractivity contribution >= 4 is 5.78 Å². The average Bonchev–Trinajstić information content (AvgIpc) is 2.82. The Morgan fingerprint density at radius 2 is 2.00 bits per heavy atom. The smallest absolute Gasteiger partial charge is 0.164 e. The number of rotatable bonds is 3. The van der Waals surface area contributed by atoms with Gasteiger partial charge in [0.15, 0.2) is 5.78 Å². The van der Waals surface area contributed by atoms with Crippen LogP contribution in [-0.4, -0.2) is 48.1 Å². The van der Waals surface area contributed by atoms with Crippen LogP contribution in [0.5, 0.6) is 0 Å². The van der Waals surface area contributed by atoms with E-state index in [0.717, 1.165) is 64.2 Å². The molecule has 0 saturated carbocycles. The summed E-state index contributed by atoms with van der Waals surface area (Å²) in [6.07, 6.45) is 4.86. The summed E-state index contributed by atoms with van der Waals surface area (Å²) in [6.45, 7) is 5.80. The third kappa shape index (κ3) is 2.35. The number of hydrogen-bond acceptors (Lipinski definition) is 3. The van der Waals surface area contributed by atoms with Crippen LogP contribution in [0.1, 0.15) is 28.9 Å². The molecule has 0 aromatic carbocycles. The number of aromatic nitrogens is 1. The average molecular weight is 248 g/mol. The number of carbonyl (C=O) groups is 1. The van der Waals surface area contributed by atoms with Crippen LogP contribution in [0.25, 0.3) is 0 Å². The predicted octanol–water partition coefficient (Wildman–Crippen LogP) is 1.34. The van der Waals surface area contributed by atoms with Crippen LogP contribution in [0.2, 0.25) is 0 Å². The lowest BCUT2D eigenvalue weighted by molar-refractivity contribution is 0.0363. The van der Waals surface area contributed by atoms with Crippen molar-refractivity contribution in [1.82, 2.24) is 9.47 Å². The molecule has 0 unspecified atom stereocenters. The van der Waals surface area contributed by atoms with Crippen LogP contribution in [0, 0.1) is 0 Å². The first-order chi connectivity index (χ1) is 8.84. The van der Waals surface area contributed by atoms with E-state index in [9.17, 15) is 4.79 Å². The van der Waals surface area contributed by atoms with Gasteiger partial charge in [-0.1, -0.05) is 0 Å². The molecule has 3 rings (SSSR count). The molecule has 4 nitrogen and oxygen atoms in total. The van der Waals surface area contributed by atoms with Gasteiger partial charge >= 0.3 is 0 Å². The Hall–Kier alpha value is -1.13. The first-order valence-electron chi connectivity index (χ1n) is 6.86. The van der Waals surface area contributed by atoms with Gasteiger partial charge in [0.1, 0.15) is 0 Å². The third-order valence-electron chi connectivity index (χ3n) is 3.96. The van der Waals surface area contributed by atoms with E-state index >= 15 is 0 Å². The van der Waals surface area contributed by atoms with Crippen LogP contribution < -0.4 is 0 Å². The maximum absolute atomic E-state index is 11.8. The Balaban J connectivity index is 1.64. The van der Waals surface area contributed by atoms with E-state index < -0.39 is 0 Å². The Kier molecular flexibility index (Phi) is 3.48. The number of fused-ring (bicyclic) bond motifs is 1. The molecule has 1 saturated heterocycles. The van der Waals surface area contributed by atoms with Crippen molar-refractivity contribution in [3.8, 4) is 0 Å². The van der Waals surface area contributed by atoms with E-state index in [-0.39, 0.29) is 0 Å². The zero-order valence-electron chi connectivity index (χ0n) is 10.7. The van der Waals surface area contributed by atoms with Crippen LogP contribution in [-0.2, 0) is 17.7 Å². The summed E-state index contributed by atoms with van der Waals surface area (Å²) in [7, 11) is 0. The highest BCUT2D eigenvalue weighted by Crippen LogP contribution is 2.22. The van der Waals surface area contributed by atoms with E-state index in [4.69, 9.17) is 4.74 Å². The minimum Gasteiger partial charge on any atom is -0.379 e. The summed E-state index contributed by atoms with van der Waals surface area (Å²) in [5, 5.41) is 0. The Morgan fingerprint density at radius 1 is 1.17 bits per heavy atom. The molecule has 1 aromatic heterocycles. The van der Waals surface area contributed by atoms with Crippen molar-refractivity contribution in [2.45, 2.75) is 25.8 Å². The summed E-state index contributed by atoms with van der Waals surface area (Å²) < 4.78 is 7.61. The monoisotopic (exact) mass is 248 g/mol. The van der Waals surface area contributed by atoms with Gasteiger partial charge in [-0.05, 0) is 18.9 Å². The van der Waals surface area contributed by atoms with Crippen LogP contribution >= 0.6 is 0 Å². The molecule has 0 N–H and O–H groups in total. The molecule has 2 aliphatic rings. The van der Waals surface area contributed by atoms with Crippen molar-refractivity contribution < 1.29 is 9.53 Å². The maximum atomic E-state index is 11.8. The molecule has 1 aliphatic carbocycles. The topological polar surface area (TPSA) is 34.5 Å². The molecule has 0 amide bonds. The van der Waals surface area contributed by atoms with E-state index in [1.54, 1.807) is 0 Å². The van der Waals surface area contributed by atoms with E-state index in [1.165, 1.54) is 5.69 Å². The summed E-state index contributed by atoms with van der Waals surface area (Å²) in [6, 6.07) is 2.00. The number of ether oxygens (including phenoxy) is 1. The number of Topliss-reactive ketones (excluding diaryl/α,β-unsaturated/α-hetero) is 1. The lowest BCUT2D eigenvalue weighted by Gasteiger charge is -2.27. The highest BCUT2D eigenvalue weighted by molar-refractivity contribution is 5.98. The van der Waals surface area contributed by atoms with Gasteiger partial charge in [0.25, 0.3) is 0 Å². The molecule has 1 aliphatic heterocycles. The number of morpholine rings is 1. The van der Waals surface area contributed by atoms with Gasteiger partial charge in [0, 0.05) is 50.1 Å².